The van der Waals surface area contributed by atoms with Crippen LogP contribution in [0, 0.1) is 13.8 Å². The lowest BCUT2D eigenvalue weighted by molar-refractivity contribution is 0.0531. The van der Waals surface area contributed by atoms with Gasteiger partial charge in [0, 0.05) is 32.7 Å². The molecule has 1 unspecified atom stereocenters. The van der Waals surface area contributed by atoms with E-state index in [-0.39, 0.29) is 5.91 Å². The van der Waals surface area contributed by atoms with Gasteiger partial charge in [0.15, 0.2) is 0 Å². The highest BCUT2D eigenvalue weighted by molar-refractivity contribution is 7.12. The van der Waals surface area contributed by atoms with Crippen LogP contribution in [0.2, 0.25) is 0 Å². The number of amides is 1. The number of rotatable bonds is 4. The first kappa shape index (κ1) is 17.1. The Morgan fingerprint density at radius 2 is 1.83 bits per heavy atom. The van der Waals surface area contributed by atoms with Crippen LogP contribution in [-0.4, -0.2) is 53.5 Å². The van der Waals surface area contributed by atoms with Crippen molar-refractivity contribution in [3.05, 3.63) is 57.3 Å². The first-order valence-corrected chi connectivity index (χ1v) is 9.22. The maximum Gasteiger partial charge on any atom is 0.264 e. The van der Waals surface area contributed by atoms with Gasteiger partial charge in [-0.2, -0.15) is 0 Å². The molecular formula is C19H24N2O2S. The van der Waals surface area contributed by atoms with E-state index in [0.717, 1.165) is 36.6 Å². The minimum Gasteiger partial charge on any atom is -0.387 e. The zero-order valence-corrected chi connectivity index (χ0v) is 15.1. The highest BCUT2D eigenvalue weighted by Gasteiger charge is 2.24. The molecule has 1 fully saturated rings. The van der Waals surface area contributed by atoms with Crippen molar-refractivity contribution in [1.29, 1.82) is 0 Å². The van der Waals surface area contributed by atoms with Gasteiger partial charge in [0.25, 0.3) is 5.91 Å². The predicted molar refractivity (Wildman–Crippen MR) is 97.5 cm³/mol. The Morgan fingerprint density at radius 3 is 2.42 bits per heavy atom. The quantitative estimate of drug-likeness (QED) is 0.927. The van der Waals surface area contributed by atoms with E-state index in [2.05, 4.69) is 24.8 Å². The largest absolute Gasteiger partial charge is 0.387 e. The Bertz CT molecular complexity index is 671. The summed E-state index contributed by atoms with van der Waals surface area (Å²) >= 11 is 1.49. The molecule has 0 aliphatic carbocycles. The van der Waals surface area contributed by atoms with Crippen LogP contribution >= 0.6 is 11.3 Å². The van der Waals surface area contributed by atoms with E-state index in [1.165, 1.54) is 22.5 Å². The predicted octanol–water partition coefficient (Wildman–Crippen LogP) is 2.86. The van der Waals surface area contributed by atoms with E-state index in [1.54, 1.807) is 0 Å². The first-order chi connectivity index (χ1) is 11.5. The molecule has 2 heterocycles. The second-order valence-electron chi connectivity index (χ2n) is 6.51. The molecule has 0 saturated carbocycles. The lowest BCUT2D eigenvalue weighted by Crippen LogP contribution is -2.49. The highest BCUT2D eigenvalue weighted by Crippen LogP contribution is 2.19. The number of aliphatic hydroxyl groups excluding tert-OH is 1. The van der Waals surface area contributed by atoms with E-state index >= 15 is 0 Å². The minimum atomic E-state index is -0.483. The number of nitrogens with zero attached hydrogens (tertiary/aromatic N) is 2. The normalized spacial score (nSPS) is 17.0. The van der Waals surface area contributed by atoms with Crippen LogP contribution in [0.4, 0.5) is 0 Å². The number of aliphatic hydroxyl groups is 1. The van der Waals surface area contributed by atoms with Crippen molar-refractivity contribution in [3.8, 4) is 0 Å². The molecule has 1 aliphatic rings. The average molecular weight is 344 g/mol. The molecule has 4 nitrogen and oxygen atoms in total. The zero-order valence-electron chi connectivity index (χ0n) is 14.2. The van der Waals surface area contributed by atoms with Crippen molar-refractivity contribution in [3.63, 3.8) is 0 Å². The molecule has 24 heavy (non-hydrogen) atoms. The zero-order chi connectivity index (χ0) is 17.1. The third-order valence-corrected chi connectivity index (χ3v) is 5.31. The molecule has 0 bridgehead atoms. The molecule has 1 amide bonds. The molecule has 1 saturated heterocycles. The molecule has 1 aromatic carbocycles. The summed E-state index contributed by atoms with van der Waals surface area (Å²) < 4.78 is 0. The lowest BCUT2D eigenvalue weighted by atomic mass is 10.0. The van der Waals surface area contributed by atoms with Crippen LogP contribution in [0.25, 0.3) is 0 Å². The maximum absolute atomic E-state index is 12.4. The maximum atomic E-state index is 12.4. The summed E-state index contributed by atoms with van der Waals surface area (Å²) in [5.74, 6) is 0.125. The van der Waals surface area contributed by atoms with E-state index in [9.17, 15) is 9.90 Å². The Kier molecular flexibility index (Phi) is 5.33. The van der Waals surface area contributed by atoms with Crippen molar-refractivity contribution in [2.45, 2.75) is 20.0 Å². The van der Waals surface area contributed by atoms with Crippen molar-refractivity contribution in [1.82, 2.24) is 9.80 Å². The highest BCUT2D eigenvalue weighted by atomic mass is 32.1. The van der Waals surface area contributed by atoms with Crippen molar-refractivity contribution >= 4 is 17.2 Å². The number of thiophene rings is 1. The first-order valence-electron chi connectivity index (χ1n) is 8.34. The third kappa shape index (κ3) is 4.04. The fraction of sp³-hybridized carbons (Fsp3) is 0.421. The van der Waals surface area contributed by atoms with E-state index < -0.39 is 6.10 Å². The van der Waals surface area contributed by atoms with Gasteiger partial charge in [0.05, 0.1) is 11.0 Å². The SMILES string of the molecule is Cc1cc(C)cc(C(O)CN2CCN(C(=O)c3cccs3)CC2)c1. The number of hydrogen-bond donors (Lipinski definition) is 1. The Hall–Kier alpha value is -1.69. The average Bonchev–Trinajstić information content (AvgIpc) is 3.08. The lowest BCUT2D eigenvalue weighted by Gasteiger charge is -2.35. The molecule has 1 N–H and O–H groups in total. The smallest absolute Gasteiger partial charge is 0.264 e. The molecule has 3 rings (SSSR count). The fourth-order valence-electron chi connectivity index (χ4n) is 3.24. The summed E-state index contributed by atoms with van der Waals surface area (Å²) in [6, 6.07) is 10.0. The van der Waals surface area contributed by atoms with Crippen molar-refractivity contribution < 1.29 is 9.90 Å². The Balaban J connectivity index is 1.54. The second-order valence-corrected chi connectivity index (χ2v) is 7.45. The molecule has 0 spiro atoms. The number of carbonyl (C=O) groups excluding carboxylic acids is 1. The Morgan fingerprint density at radius 1 is 1.17 bits per heavy atom. The monoisotopic (exact) mass is 344 g/mol. The number of aryl methyl sites for hydroxylation is 2. The van der Waals surface area contributed by atoms with Gasteiger partial charge in [-0.25, -0.2) is 0 Å². The second kappa shape index (κ2) is 7.47. The van der Waals surface area contributed by atoms with Gasteiger partial charge in [-0.3, -0.25) is 9.69 Å². The molecule has 1 atom stereocenters. The van der Waals surface area contributed by atoms with Gasteiger partial charge in [-0.05, 0) is 30.9 Å². The van der Waals surface area contributed by atoms with Gasteiger partial charge >= 0.3 is 0 Å². The van der Waals surface area contributed by atoms with E-state index in [0.29, 0.717) is 6.54 Å². The summed E-state index contributed by atoms with van der Waals surface area (Å²) in [5, 5.41) is 12.5. The number of piperazine rings is 1. The number of hydrogen-bond acceptors (Lipinski definition) is 4. The molecule has 2 aromatic rings. The van der Waals surface area contributed by atoms with E-state index in [4.69, 9.17) is 0 Å². The van der Waals surface area contributed by atoms with Crippen LogP contribution in [0.5, 0.6) is 0 Å². The van der Waals surface area contributed by atoms with E-state index in [1.807, 2.05) is 34.5 Å². The molecule has 1 aromatic heterocycles. The van der Waals surface area contributed by atoms with Gasteiger partial charge in [-0.15, -0.1) is 11.3 Å². The topological polar surface area (TPSA) is 43.8 Å². The van der Waals surface area contributed by atoms with Gasteiger partial charge in [0.2, 0.25) is 0 Å². The summed E-state index contributed by atoms with van der Waals surface area (Å²) in [7, 11) is 0. The summed E-state index contributed by atoms with van der Waals surface area (Å²) in [5.41, 5.74) is 3.33. The van der Waals surface area contributed by atoms with Gasteiger partial charge < -0.3 is 10.0 Å². The minimum absolute atomic E-state index is 0.125. The third-order valence-electron chi connectivity index (χ3n) is 4.45. The van der Waals surface area contributed by atoms with Gasteiger partial charge in [0.1, 0.15) is 0 Å². The van der Waals surface area contributed by atoms with Crippen LogP contribution in [0.1, 0.15) is 32.5 Å². The molecule has 5 heteroatoms. The molecule has 1 aliphatic heterocycles. The van der Waals surface area contributed by atoms with Crippen LogP contribution in [0.15, 0.2) is 35.7 Å². The van der Waals surface area contributed by atoms with Crippen LogP contribution in [-0.2, 0) is 0 Å². The standard InChI is InChI=1S/C19H24N2O2S/c1-14-10-15(2)12-16(11-14)17(22)13-20-5-7-21(8-6-20)19(23)18-4-3-9-24-18/h3-4,9-12,17,22H,5-8,13H2,1-2H3. The number of β-amino-alcohol motifs (C(OH)–C–C–N with tert-alkyl or cyclic N) is 1. The Labute approximate surface area is 147 Å². The van der Waals surface area contributed by atoms with Crippen molar-refractivity contribution in [2.24, 2.45) is 0 Å². The molecule has 128 valence electrons. The van der Waals surface area contributed by atoms with Gasteiger partial charge in [-0.1, -0.05) is 35.4 Å². The van der Waals surface area contributed by atoms with Crippen molar-refractivity contribution in [2.75, 3.05) is 32.7 Å². The van der Waals surface area contributed by atoms with Crippen LogP contribution in [0.3, 0.4) is 0 Å². The summed E-state index contributed by atoms with van der Waals surface area (Å²) in [4.78, 5) is 17.3. The fourth-order valence-corrected chi connectivity index (χ4v) is 3.93. The summed E-state index contributed by atoms with van der Waals surface area (Å²) in [6.45, 7) is 7.77. The van der Waals surface area contributed by atoms with Crippen LogP contribution < -0.4 is 0 Å². The number of carbonyl (C=O) groups is 1. The number of benzene rings is 1. The molecule has 0 radical (unpaired) electrons. The summed E-state index contributed by atoms with van der Waals surface area (Å²) in [6.07, 6.45) is -0.483. The molecular weight excluding hydrogens is 320 g/mol.